The summed E-state index contributed by atoms with van der Waals surface area (Å²) in [4.78, 5) is 32.2. The number of rotatable bonds is 11. The molecule has 0 saturated heterocycles. The summed E-state index contributed by atoms with van der Waals surface area (Å²) in [5.41, 5.74) is 3.48. The lowest BCUT2D eigenvalue weighted by atomic mass is 10.2. The first-order chi connectivity index (χ1) is 26.9. The molecule has 0 radical (unpaired) electrons. The number of hydrogen-bond donors (Lipinski definition) is 2. The molecule has 0 aliphatic heterocycles. The highest BCUT2D eigenvalue weighted by atomic mass is 16.5. The summed E-state index contributed by atoms with van der Waals surface area (Å²) >= 11 is 0. The Morgan fingerprint density at radius 2 is 1.20 bits per heavy atom. The van der Waals surface area contributed by atoms with E-state index >= 15 is 0 Å². The highest BCUT2D eigenvalue weighted by molar-refractivity contribution is 5.94. The van der Waals surface area contributed by atoms with E-state index in [-0.39, 0.29) is 24.7 Å². The van der Waals surface area contributed by atoms with Crippen LogP contribution in [0.25, 0.3) is 33.1 Å². The van der Waals surface area contributed by atoms with Crippen LogP contribution in [0.4, 0.5) is 0 Å². The van der Waals surface area contributed by atoms with Crippen LogP contribution in [-0.4, -0.2) is 76.4 Å². The number of fused-ring (bicyclic) bond motifs is 4. The second-order valence-electron chi connectivity index (χ2n) is 12.5. The molecule has 1 aliphatic rings. The third kappa shape index (κ3) is 7.46. The predicted molar refractivity (Wildman–Crippen MR) is 199 cm³/mol. The van der Waals surface area contributed by atoms with Crippen molar-refractivity contribution in [2.24, 2.45) is 0 Å². The fourth-order valence-electron chi connectivity index (χ4n) is 5.82. The largest absolute Gasteiger partial charge is 0.497 e. The fourth-order valence-corrected chi connectivity index (χ4v) is 5.82. The maximum atomic E-state index is 12.3. The first-order valence-corrected chi connectivity index (χ1v) is 17.2. The van der Waals surface area contributed by atoms with Crippen molar-refractivity contribution in [2.75, 3.05) is 14.2 Å². The van der Waals surface area contributed by atoms with Crippen molar-refractivity contribution in [2.45, 2.75) is 32.1 Å². The molecular weight excluding hydrogens is 706 g/mol. The van der Waals surface area contributed by atoms with Crippen molar-refractivity contribution in [3.8, 4) is 23.0 Å². The van der Waals surface area contributed by atoms with Gasteiger partial charge in [-0.15, -0.1) is 20.4 Å². The molecule has 1 fully saturated rings. The van der Waals surface area contributed by atoms with Crippen LogP contribution >= 0.6 is 0 Å². The van der Waals surface area contributed by atoms with Crippen LogP contribution in [0.2, 0.25) is 0 Å². The number of aromatic carboxylic acids is 1. The molecule has 55 heavy (non-hydrogen) atoms. The van der Waals surface area contributed by atoms with Crippen LogP contribution in [0, 0.1) is 0 Å². The highest BCUT2D eigenvalue weighted by Gasteiger charge is 2.24. The SMILES string of the molecule is COc1ccc2c(OCc3nnc4ccc(C(=O)NC5CC5)cn34)ccnc2c1.COc1ccc2c(OCc3nnc4ccc(C(=O)O)cn34)ccnc2c1. The zero-order valence-corrected chi connectivity index (χ0v) is 29.6. The molecule has 1 amide bonds. The lowest BCUT2D eigenvalue weighted by Gasteiger charge is -2.09. The van der Waals surface area contributed by atoms with E-state index in [1.807, 2.05) is 42.5 Å². The van der Waals surface area contributed by atoms with E-state index in [9.17, 15) is 9.59 Å². The topological polar surface area (TPSA) is 189 Å². The summed E-state index contributed by atoms with van der Waals surface area (Å²) in [7, 11) is 3.22. The van der Waals surface area contributed by atoms with Crippen molar-refractivity contribution in [3.63, 3.8) is 0 Å². The number of pyridine rings is 4. The van der Waals surface area contributed by atoms with Gasteiger partial charge in [0.05, 0.1) is 36.4 Å². The minimum Gasteiger partial charge on any atom is -0.497 e. The summed E-state index contributed by atoms with van der Waals surface area (Å²) < 4.78 is 25.8. The fraction of sp³-hybridized carbons (Fsp3) is 0.179. The number of hydrogen-bond acceptors (Lipinski definition) is 12. The second-order valence-corrected chi connectivity index (χ2v) is 12.5. The maximum Gasteiger partial charge on any atom is 0.337 e. The minimum atomic E-state index is -1.01. The summed E-state index contributed by atoms with van der Waals surface area (Å²) in [6.07, 6.45) is 8.67. The predicted octanol–water partition coefficient (Wildman–Crippen LogP) is 5.32. The molecule has 1 aliphatic carbocycles. The van der Waals surface area contributed by atoms with E-state index in [0.717, 1.165) is 40.4 Å². The molecule has 2 N–H and O–H groups in total. The number of benzene rings is 2. The lowest BCUT2D eigenvalue weighted by Crippen LogP contribution is -2.25. The highest BCUT2D eigenvalue weighted by Crippen LogP contribution is 2.29. The Morgan fingerprint density at radius 3 is 1.69 bits per heavy atom. The van der Waals surface area contributed by atoms with Gasteiger partial charge in [0.1, 0.15) is 36.2 Å². The zero-order chi connectivity index (χ0) is 37.9. The first-order valence-electron chi connectivity index (χ1n) is 17.2. The summed E-state index contributed by atoms with van der Waals surface area (Å²) in [5, 5.41) is 30.3. The number of methoxy groups -OCH3 is 2. The molecule has 16 nitrogen and oxygen atoms in total. The monoisotopic (exact) mass is 739 g/mol. The van der Waals surface area contributed by atoms with Crippen LogP contribution in [0.15, 0.2) is 97.6 Å². The summed E-state index contributed by atoms with van der Waals surface area (Å²) in [5.74, 6) is 2.81. The number of nitrogens with zero attached hydrogens (tertiary/aromatic N) is 8. The van der Waals surface area contributed by atoms with E-state index in [0.29, 0.717) is 51.8 Å². The number of aromatic nitrogens is 8. The van der Waals surface area contributed by atoms with E-state index in [1.165, 1.54) is 12.3 Å². The molecule has 8 aromatic rings. The molecule has 0 bridgehead atoms. The molecule has 0 spiro atoms. The van der Waals surface area contributed by atoms with Gasteiger partial charge < -0.3 is 29.4 Å². The normalized spacial score (nSPS) is 12.3. The zero-order valence-electron chi connectivity index (χ0n) is 29.6. The average molecular weight is 740 g/mol. The van der Waals surface area contributed by atoms with Crippen molar-refractivity contribution in [1.29, 1.82) is 0 Å². The van der Waals surface area contributed by atoms with Gasteiger partial charge in [-0.25, -0.2) is 4.79 Å². The quantitative estimate of drug-likeness (QED) is 0.174. The molecule has 2 aromatic carbocycles. The Bertz CT molecular complexity index is 2710. The van der Waals surface area contributed by atoms with Crippen molar-refractivity contribution in [1.82, 2.24) is 44.5 Å². The lowest BCUT2D eigenvalue weighted by molar-refractivity contribution is 0.0696. The standard InChI is InChI=1S/C21H19N5O3.C18H14N4O4/c1-28-15-5-6-16-17(10-15)22-9-8-18(16)29-12-20-25-24-19-7-2-13(11-26(19)20)21(27)23-14-3-4-14;1-25-12-3-4-13-14(8-12)19-7-6-15(13)26-10-17-21-20-16-5-2-11(18(23)24)9-22(16)17/h2,5-11,14H,3-4,12H2,1H3,(H,23,27);2-9H,10H2,1H3,(H,23,24). The molecule has 0 unspecified atom stereocenters. The van der Waals surface area contributed by atoms with Gasteiger partial charge in [0.25, 0.3) is 5.91 Å². The van der Waals surface area contributed by atoms with Gasteiger partial charge in [0.15, 0.2) is 22.9 Å². The van der Waals surface area contributed by atoms with Gasteiger partial charge in [0.2, 0.25) is 0 Å². The second kappa shape index (κ2) is 14.9. The third-order valence-electron chi connectivity index (χ3n) is 8.90. The van der Waals surface area contributed by atoms with E-state index < -0.39 is 5.97 Å². The van der Waals surface area contributed by atoms with Crippen molar-refractivity contribution >= 4 is 45.0 Å². The van der Waals surface area contributed by atoms with Crippen LogP contribution in [0.1, 0.15) is 45.2 Å². The molecule has 276 valence electrons. The summed E-state index contributed by atoms with van der Waals surface area (Å²) in [6.45, 7) is 0.343. The van der Waals surface area contributed by atoms with Crippen molar-refractivity contribution in [3.05, 3.63) is 120 Å². The van der Waals surface area contributed by atoms with Gasteiger partial charge in [0, 0.05) is 53.7 Å². The molecular formula is C39H33N9O7. The van der Waals surface area contributed by atoms with Crippen LogP contribution in [0.5, 0.6) is 23.0 Å². The Hall–Kier alpha value is -7.36. The van der Waals surface area contributed by atoms with Crippen LogP contribution < -0.4 is 24.3 Å². The third-order valence-corrected chi connectivity index (χ3v) is 8.90. The Labute approximate surface area is 312 Å². The molecule has 9 rings (SSSR count). The Kier molecular flexibility index (Phi) is 9.43. The van der Waals surface area contributed by atoms with E-state index in [4.69, 9.17) is 24.1 Å². The smallest absolute Gasteiger partial charge is 0.337 e. The molecule has 0 atom stereocenters. The number of carbonyl (C=O) groups is 2. The summed E-state index contributed by atoms with van der Waals surface area (Å²) in [6, 6.07) is 21.7. The van der Waals surface area contributed by atoms with Gasteiger partial charge in [-0.1, -0.05) is 0 Å². The minimum absolute atomic E-state index is 0.0796. The van der Waals surface area contributed by atoms with Crippen molar-refractivity contribution < 1.29 is 33.6 Å². The Balaban J connectivity index is 0.000000156. The van der Waals surface area contributed by atoms with Crippen LogP contribution in [0.3, 0.4) is 0 Å². The Morgan fingerprint density at radius 1 is 0.691 bits per heavy atom. The van der Waals surface area contributed by atoms with Gasteiger partial charge in [-0.3, -0.25) is 23.6 Å². The average Bonchev–Trinajstić information content (AvgIpc) is 3.80. The van der Waals surface area contributed by atoms with Crippen LogP contribution in [-0.2, 0) is 13.2 Å². The van der Waals surface area contributed by atoms with Gasteiger partial charge >= 0.3 is 5.97 Å². The maximum absolute atomic E-state index is 12.3. The number of amides is 1. The molecule has 16 heteroatoms. The number of nitrogens with one attached hydrogen (secondary N) is 1. The first kappa shape index (κ1) is 34.7. The number of carboxylic acids is 1. The number of carboxylic acid groups (broad SMARTS) is 1. The molecule has 6 heterocycles. The van der Waals surface area contributed by atoms with Gasteiger partial charge in [-0.05, 0) is 73.5 Å². The number of ether oxygens (including phenoxy) is 4. The molecule has 6 aromatic heterocycles. The van der Waals surface area contributed by atoms with E-state index in [2.05, 4.69) is 35.7 Å². The molecule has 1 saturated carbocycles. The van der Waals surface area contributed by atoms with E-state index in [1.54, 1.807) is 65.9 Å². The number of carbonyl (C=O) groups excluding carboxylic acids is 1. The van der Waals surface area contributed by atoms with Gasteiger partial charge in [-0.2, -0.15) is 0 Å².